The third kappa shape index (κ3) is 4.47. The van der Waals surface area contributed by atoms with Crippen LogP contribution in [0, 0.1) is 0 Å². The van der Waals surface area contributed by atoms with Crippen molar-refractivity contribution in [2.24, 2.45) is 0 Å². The van der Waals surface area contributed by atoms with Crippen molar-refractivity contribution in [2.75, 3.05) is 26.8 Å². The molecular formula is C11H22N2O3. The van der Waals surface area contributed by atoms with Gasteiger partial charge in [0.15, 0.2) is 0 Å². The average molecular weight is 230 g/mol. The number of methoxy groups -OCH3 is 1. The van der Waals surface area contributed by atoms with Crippen LogP contribution < -0.4 is 10.6 Å². The summed E-state index contributed by atoms with van der Waals surface area (Å²) in [6.07, 6.45) is 2.75. The minimum absolute atomic E-state index is 0.0195. The molecule has 1 rings (SSSR count). The Kier molecular flexibility index (Phi) is 5.18. The van der Waals surface area contributed by atoms with E-state index in [-0.39, 0.29) is 18.5 Å². The standard InChI is InChI=1S/C11H22N2O3/c1-9(7-16-2)13-10(14)6-12-8-11(15)4-3-5-11/h9,12,15H,3-8H2,1-2H3,(H,13,14). The molecule has 1 fully saturated rings. The number of carbonyl (C=O) groups is 1. The zero-order chi connectivity index (χ0) is 12.0. The maximum atomic E-state index is 11.4. The van der Waals surface area contributed by atoms with Gasteiger partial charge < -0.3 is 20.5 Å². The Morgan fingerprint density at radius 3 is 2.75 bits per heavy atom. The summed E-state index contributed by atoms with van der Waals surface area (Å²) in [5.41, 5.74) is -0.571. The fourth-order valence-electron chi connectivity index (χ4n) is 1.79. The van der Waals surface area contributed by atoms with Gasteiger partial charge in [-0.25, -0.2) is 0 Å². The van der Waals surface area contributed by atoms with Gasteiger partial charge in [-0.2, -0.15) is 0 Å². The second-order valence-corrected chi connectivity index (χ2v) is 4.61. The Labute approximate surface area is 96.6 Å². The van der Waals surface area contributed by atoms with Crippen molar-refractivity contribution in [3.05, 3.63) is 0 Å². The van der Waals surface area contributed by atoms with Crippen molar-refractivity contribution in [1.29, 1.82) is 0 Å². The Hall–Kier alpha value is -0.650. The molecule has 5 nitrogen and oxygen atoms in total. The first-order valence-corrected chi connectivity index (χ1v) is 5.77. The fourth-order valence-corrected chi connectivity index (χ4v) is 1.79. The van der Waals surface area contributed by atoms with Gasteiger partial charge in [-0.3, -0.25) is 4.79 Å². The summed E-state index contributed by atoms with van der Waals surface area (Å²) in [4.78, 5) is 11.4. The van der Waals surface area contributed by atoms with Crippen LogP contribution in [0.25, 0.3) is 0 Å². The molecule has 0 saturated heterocycles. The second kappa shape index (κ2) is 6.18. The molecule has 1 aliphatic carbocycles. The molecule has 0 aliphatic heterocycles. The maximum absolute atomic E-state index is 11.4. The molecule has 0 spiro atoms. The highest BCUT2D eigenvalue weighted by molar-refractivity contribution is 5.78. The zero-order valence-corrected chi connectivity index (χ0v) is 10.1. The van der Waals surface area contributed by atoms with Crippen molar-refractivity contribution in [2.45, 2.75) is 37.8 Å². The highest BCUT2D eigenvalue weighted by atomic mass is 16.5. The normalized spacial score (nSPS) is 19.9. The van der Waals surface area contributed by atoms with Crippen molar-refractivity contribution >= 4 is 5.91 Å². The van der Waals surface area contributed by atoms with E-state index in [1.54, 1.807) is 7.11 Å². The smallest absolute Gasteiger partial charge is 0.234 e. The molecule has 1 saturated carbocycles. The molecule has 0 aromatic rings. The molecule has 0 bridgehead atoms. The zero-order valence-electron chi connectivity index (χ0n) is 10.1. The molecule has 0 aromatic carbocycles. The summed E-state index contributed by atoms with van der Waals surface area (Å²) in [6, 6.07) is 0.0195. The lowest BCUT2D eigenvalue weighted by molar-refractivity contribution is -0.121. The first kappa shape index (κ1) is 13.4. The summed E-state index contributed by atoms with van der Waals surface area (Å²) in [5, 5.41) is 15.5. The van der Waals surface area contributed by atoms with E-state index in [1.165, 1.54) is 0 Å². The topological polar surface area (TPSA) is 70.6 Å². The summed E-state index contributed by atoms with van der Waals surface area (Å²) in [5.74, 6) is -0.0625. The van der Waals surface area contributed by atoms with E-state index in [4.69, 9.17) is 4.74 Å². The van der Waals surface area contributed by atoms with Gasteiger partial charge in [-0.15, -0.1) is 0 Å². The number of amides is 1. The highest BCUT2D eigenvalue weighted by Gasteiger charge is 2.33. The Morgan fingerprint density at radius 2 is 2.25 bits per heavy atom. The van der Waals surface area contributed by atoms with E-state index in [1.807, 2.05) is 6.92 Å². The van der Waals surface area contributed by atoms with Crippen LogP contribution in [0.1, 0.15) is 26.2 Å². The van der Waals surface area contributed by atoms with E-state index in [0.717, 1.165) is 19.3 Å². The molecule has 16 heavy (non-hydrogen) atoms. The Balaban J connectivity index is 2.05. The van der Waals surface area contributed by atoms with Gasteiger partial charge >= 0.3 is 0 Å². The minimum Gasteiger partial charge on any atom is -0.389 e. The molecular weight excluding hydrogens is 208 g/mol. The van der Waals surface area contributed by atoms with Crippen LogP contribution in [0.15, 0.2) is 0 Å². The van der Waals surface area contributed by atoms with Gasteiger partial charge in [-0.05, 0) is 26.2 Å². The van der Waals surface area contributed by atoms with E-state index >= 15 is 0 Å². The van der Waals surface area contributed by atoms with E-state index in [2.05, 4.69) is 10.6 Å². The quantitative estimate of drug-likeness (QED) is 0.559. The van der Waals surface area contributed by atoms with Crippen molar-refractivity contribution in [3.8, 4) is 0 Å². The van der Waals surface area contributed by atoms with Crippen molar-refractivity contribution in [1.82, 2.24) is 10.6 Å². The number of carbonyl (C=O) groups excluding carboxylic acids is 1. The van der Waals surface area contributed by atoms with E-state index in [9.17, 15) is 9.90 Å². The predicted molar refractivity (Wildman–Crippen MR) is 61.2 cm³/mol. The molecule has 0 heterocycles. The highest BCUT2D eigenvalue weighted by Crippen LogP contribution is 2.30. The van der Waals surface area contributed by atoms with Gasteiger partial charge in [0.2, 0.25) is 5.91 Å². The molecule has 94 valence electrons. The molecule has 1 aliphatic rings. The molecule has 3 N–H and O–H groups in total. The van der Waals surface area contributed by atoms with Crippen molar-refractivity contribution in [3.63, 3.8) is 0 Å². The third-order valence-corrected chi connectivity index (χ3v) is 2.85. The Bertz CT molecular complexity index is 229. The van der Waals surface area contributed by atoms with Gasteiger partial charge in [-0.1, -0.05) is 0 Å². The first-order valence-electron chi connectivity index (χ1n) is 5.77. The maximum Gasteiger partial charge on any atom is 0.234 e. The number of nitrogens with one attached hydrogen (secondary N) is 2. The SMILES string of the molecule is COCC(C)NC(=O)CNCC1(O)CCC1. The molecule has 1 amide bonds. The second-order valence-electron chi connectivity index (χ2n) is 4.61. The largest absolute Gasteiger partial charge is 0.389 e. The van der Waals surface area contributed by atoms with Gasteiger partial charge in [0.1, 0.15) is 0 Å². The number of hydrogen-bond donors (Lipinski definition) is 3. The molecule has 5 heteroatoms. The van der Waals surface area contributed by atoms with Crippen LogP contribution >= 0.6 is 0 Å². The fraction of sp³-hybridized carbons (Fsp3) is 0.909. The number of ether oxygens (including phenoxy) is 1. The van der Waals surface area contributed by atoms with Crippen LogP contribution in [-0.4, -0.2) is 49.5 Å². The average Bonchev–Trinajstić information content (AvgIpc) is 2.15. The summed E-state index contributed by atoms with van der Waals surface area (Å²) >= 11 is 0. The predicted octanol–water partition coefficient (Wildman–Crippen LogP) is -0.358. The number of rotatable bonds is 7. The lowest BCUT2D eigenvalue weighted by Gasteiger charge is -2.36. The minimum atomic E-state index is -0.571. The van der Waals surface area contributed by atoms with Gasteiger partial charge in [0, 0.05) is 19.7 Å². The van der Waals surface area contributed by atoms with E-state index in [0.29, 0.717) is 13.2 Å². The molecule has 0 aromatic heterocycles. The molecule has 1 atom stereocenters. The summed E-state index contributed by atoms with van der Waals surface area (Å²) in [7, 11) is 1.60. The monoisotopic (exact) mass is 230 g/mol. The van der Waals surface area contributed by atoms with Gasteiger partial charge in [0.25, 0.3) is 0 Å². The summed E-state index contributed by atoms with van der Waals surface area (Å²) in [6.45, 7) is 3.14. The third-order valence-electron chi connectivity index (χ3n) is 2.85. The van der Waals surface area contributed by atoms with Crippen molar-refractivity contribution < 1.29 is 14.6 Å². The van der Waals surface area contributed by atoms with Crippen LogP contribution in [0.2, 0.25) is 0 Å². The molecule has 0 radical (unpaired) electrons. The number of hydrogen-bond acceptors (Lipinski definition) is 4. The Morgan fingerprint density at radius 1 is 1.56 bits per heavy atom. The van der Waals surface area contributed by atoms with Crippen LogP contribution in [-0.2, 0) is 9.53 Å². The van der Waals surface area contributed by atoms with Crippen LogP contribution in [0.5, 0.6) is 0 Å². The van der Waals surface area contributed by atoms with Crippen LogP contribution in [0.3, 0.4) is 0 Å². The lowest BCUT2D eigenvalue weighted by Crippen LogP contribution is -2.49. The lowest BCUT2D eigenvalue weighted by atomic mass is 9.80. The first-order chi connectivity index (χ1) is 7.56. The summed E-state index contributed by atoms with van der Waals surface area (Å²) < 4.78 is 4.91. The molecule has 1 unspecified atom stereocenters. The number of aliphatic hydroxyl groups is 1. The van der Waals surface area contributed by atoms with Gasteiger partial charge in [0.05, 0.1) is 18.8 Å². The van der Waals surface area contributed by atoms with Crippen LogP contribution in [0.4, 0.5) is 0 Å². The van der Waals surface area contributed by atoms with E-state index < -0.39 is 5.60 Å².